The Morgan fingerprint density at radius 2 is 1.78 bits per heavy atom. The first-order valence-electron chi connectivity index (χ1n) is 8.99. The quantitative estimate of drug-likeness (QED) is 0.657. The fraction of sp³-hybridized carbons (Fsp3) is 0.611. The summed E-state index contributed by atoms with van der Waals surface area (Å²) in [4.78, 5) is 14.1. The molecule has 1 aliphatic rings. The Bertz CT molecular complexity index is 763. The topological polar surface area (TPSA) is 66.9 Å². The Balaban J connectivity index is 1.96. The third kappa shape index (κ3) is 5.57. The van der Waals surface area contributed by atoms with Gasteiger partial charge in [-0.2, -0.15) is 4.31 Å². The molecule has 0 spiro atoms. The summed E-state index contributed by atoms with van der Waals surface area (Å²) >= 11 is 12.0. The lowest BCUT2D eigenvalue weighted by Crippen LogP contribution is -2.52. The summed E-state index contributed by atoms with van der Waals surface area (Å²) in [6.07, 6.45) is 0.360. The van der Waals surface area contributed by atoms with Crippen molar-refractivity contribution in [2.75, 3.05) is 32.8 Å². The second-order valence-corrected chi connectivity index (χ2v) is 9.67. The van der Waals surface area contributed by atoms with Gasteiger partial charge in [-0.25, -0.2) is 8.42 Å². The lowest BCUT2D eigenvalue weighted by Gasteiger charge is -2.35. The van der Waals surface area contributed by atoms with Crippen LogP contribution in [0.1, 0.15) is 27.2 Å². The number of carbonyl (C=O) groups excluding carboxylic acids is 1. The molecule has 152 valence electrons. The standard InChI is InChI=1S/C18H26Cl2N2O4S/c1-13(2)7-12-26-14(3)18(23)21-8-10-22(11-9-21)27(24,25)16-6-4-5-15(19)17(16)20/h4-6,13-14H,7-12H2,1-3H3. The molecule has 1 unspecified atom stereocenters. The molecule has 0 saturated carbocycles. The minimum absolute atomic E-state index is 0.0122. The van der Waals surface area contributed by atoms with Crippen molar-refractivity contribution in [1.29, 1.82) is 0 Å². The highest BCUT2D eigenvalue weighted by molar-refractivity contribution is 7.89. The smallest absolute Gasteiger partial charge is 0.251 e. The van der Waals surface area contributed by atoms with E-state index in [1.807, 2.05) is 0 Å². The fourth-order valence-corrected chi connectivity index (χ4v) is 4.94. The third-order valence-corrected chi connectivity index (χ3v) is 7.37. The first kappa shape index (κ1) is 22.4. The molecule has 0 bridgehead atoms. The van der Waals surface area contributed by atoms with Gasteiger partial charge in [-0.05, 0) is 31.4 Å². The zero-order valence-corrected chi connectivity index (χ0v) is 18.1. The Morgan fingerprint density at radius 1 is 1.15 bits per heavy atom. The van der Waals surface area contributed by atoms with Crippen molar-refractivity contribution in [2.45, 2.75) is 38.2 Å². The molecule has 1 fully saturated rings. The summed E-state index contributed by atoms with van der Waals surface area (Å²) in [6.45, 7) is 7.50. The minimum Gasteiger partial charge on any atom is -0.369 e. The van der Waals surface area contributed by atoms with E-state index in [4.69, 9.17) is 27.9 Å². The van der Waals surface area contributed by atoms with E-state index in [9.17, 15) is 13.2 Å². The number of halogens is 2. The molecule has 0 aliphatic carbocycles. The summed E-state index contributed by atoms with van der Waals surface area (Å²) in [5.41, 5.74) is 0. The van der Waals surface area contributed by atoms with Crippen molar-refractivity contribution >= 4 is 39.1 Å². The Kier molecular flexibility index (Phi) is 7.94. The highest BCUT2D eigenvalue weighted by Gasteiger charge is 2.33. The van der Waals surface area contributed by atoms with E-state index in [0.717, 1.165) is 6.42 Å². The van der Waals surface area contributed by atoms with Gasteiger partial charge >= 0.3 is 0 Å². The summed E-state index contributed by atoms with van der Waals surface area (Å²) in [6, 6.07) is 4.53. The molecule has 0 N–H and O–H groups in total. The van der Waals surface area contributed by atoms with Gasteiger partial charge in [0.05, 0.1) is 10.0 Å². The van der Waals surface area contributed by atoms with E-state index in [1.54, 1.807) is 24.0 Å². The number of nitrogens with zero attached hydrogens (tertiary/aromatic N) is 2. The molecule has 0 aromatic heterocycles. The van der Waals surface area contributed by atoms with Gasteiger partial charge in [0, 0.05) is 32.8 Å². The lowest BCUT2D eigenvalue weighted by atomic mass is 10.1. The second-order valence-electron chi connectivity index (χ2n) is 6.98. The van der Waals surface area contributed by atoms with Crippen LogP contribution in [0.15, 0.2) is 23.1 Å². The van der Waals surface area contributed by atoms with Gasteiger partial charge in [-0.3, -0.25) is 4.79 Å². The summed E-state index contributed by atoms with van der Waals surface area (Å²) in [5.74, 6) is 0.399. The molecule has 1 saturated heterocycles. The monoisotopic (exact) mass is 436 g/mol. The molecule has 1 aliphatic heterocycles. The summed E-state index contributed by atoms with van der Waals surface area (Å²) in [7, 11) is -3.76. The highest BCUT2D eigenvalue weighted by atomic mass is 35.5. The number of rotatable bonds is 7. The van der Waals surface area contributed by atoms with E-state index < -0.39 is 16.1 Å². The first-order valence-corrected chi connectivity index (χ1v) is 11.2. The van der Waals surface area contributed by atoms with Crippen LogP contribution in [0.4, 0.5) is 0 Å². The maximum Gasteiger partial charge on any atom is 0.251 e. The maximum absolute atomic E-state index is 12.8. The molecule has 1 atom stereocenters. The van der Waals surface area contributed by atoms with Gasteiger partial charge in [0.1, 0.15) is 11.0 Å². The van der Waals surface area contributed by atoms with Gasteiger partial charge in [0.2, 0.25) is 10.0 Å². The van der Waals surface area contributed by atoms with Gasteiger partial charge in [-0.15, -0.1) is 0 Å². The van der Waals surface area contributed by atoms with Crippen molar-refractivity contribution < 1.29 is 17.9 Å². The van der Waals surface area contributed by atoms with Crippen molar-refractivity contribution in [3.8, 4) is 0 Å². The van der Waals surface area contributed by atoms with Gasteiger partial charge < -0.3 is 9.64 Å². The van der Waals surface area contributed by atoms with Crippen molar-refractivity contribution in [1.82, 2.24) is 9.21 Å². The number of carbonyl (C=O) groups is 1. The van der Waals surface area contributed by atoms with Crippen molar-refractivity contribution in [3.05, 3.63) is 28.2 Å². The average molecular weight is 437 g/mol. The Morgan fingerprint density at radius 3 is 2.37 bits per heavy atom. The largest absolute Gasteiger partial charge is 0.369 e. The Hall–Kier alpha value is -0.860. The van der Waals surface area contributed by atoms with E-state index in [1.165, 1.54) is 10.4 Å². The number of piperazine rings is 1. The fourth-order valence-electron chi connectivity index (χ4n) is 2.78. The molecule has 1 aromatic carbocycles. The van der Waals surface area contributed by atoms with E-state index in [0.29, 0.717) is 25.6 Å². The predicted octanol–water partition coefficient (Wildman–Crippen LogP) is 3.28. The van der Waals surface area contributed by atoms with Crippen molar-refractivity contribution in [3.63, 3.8) is 0 Å². The molecular formula is C18H26Cl2N2O4S. The lowest BCUT2D eigenvalue weighted by molar-refractivity contribution is -0.144. The van der Waals surface area contributed by atoms with Crippen LogP contribution in [-0.2, 0) is 19.6 Å². The van der Waals surface area contributed by atoms with Crippen LogP contribution in [-0.4, -0.2) is 62.4 Å². The molecule has 27 heavy (non-hydrogen) atoms. The van der Waals surface area contributed by atoms with Crippen LogP contribution in [0.25, 0.3) is 0 Å². The minimum atomic E-state index is -3.76. The van der Waals surface area contributed by atoms with Crippen LogP contribution < -0.4 is 0 Å². The van der Waals surface area contributed by atoms with Crippen molar-refractivity contribution in [2.24, 2.45) is 5.92 Å². The van der Waals surface area contributed by atoms with Crippen LogP contribution in [0, 0.1) is 5.92 Å². The number of amides is 1. The zero-order valence-electron chi connectivity index (χ0n) is 15.8. The molecule has 2 rings (SSSR count). The van der Waals surface area contributed by atoms with Gasteiger partial charge in [0.15, 0.2) is 0 Å². The molecule has 0 radical (unpaired) electrons. The molecular weight excluding hydrogens is 411 g/mol. The number of benzene rings is 1. The normalized spacial score (nSPS) is 17.3. The first-order chi connectivity index (χ1) is 12.6. The van der Waals surface area contributed by atoms with E-state index >= 15 is 0 Å². The third-order valence-electron chi connectivity index (χ3n) is 4.50. The summed E-state index contributed by atoms with van der Waals surface area (Å²) in [5, 5.41) is 0.212. The molecule has 1 amide bonds. The number of sulfonamides is 1. The number of ether oxygens (including phenoxy) is 1. The Labute approximate surface area is 171 Å². The SMILES string of the molecule is CC(C)CCOC(C)C(=O)N1CCN(S(=O)(=O)c2cccc(Cl)c2Cl)CC1. The number of hydrogen-bond donors (Lipinski definition) is 0. The van der Waals surface area contributed by atoms with E-state index in [-0.39, 0.29) is 33.9 Å². The van der Waals surface area contributed by atoms with Crippen LogP contribution in [0.3, 0.4) is 0 Å². The predicted molar refractivity (Wildman–Crippen MR) is 107 cm³/mol. The zero-order chi connectivity index (χ0) is 20.2. The number of hydrogen-bond acceptors (Lipinski definition) is 4. The van der Waals surface area contributed by atoms with E-state index in [2.05, 4.69) is 13.8 Å². The highest BCUT2D eigenvalue weighted by Crippen LogP contribution is 2.31. The molecule has 9 heteroatoms. The van der Waals surface area contributed by atoms with Gasteiger partial charge in [0.25, 0.3) is 5.91 Å². The molecule has 1 aromatic rings. The van der Waals surface area contributed by atoms with Gasteiger partial charge in [-0.1, -0.05) is 43.1 Å². The van der Waals surface area contributed by atoms with Crippen LogP contribution in [0.5, 0.6) is 0 Å². The average Bonchev–Trinajstić information content (AvgIpc) is 2.63. The summed E-state index contributed by atoms with van der Waals surface area (Å²) < 4.78 is 32.6. The van der Waals surface area contributed by atoms with Crippen LogP contribution in [0.2, 0.25) is 10.0 Å². The van der Waals surface area contributed by atoms with Crippen LogP contribution >= 0.6 is 23.2 Å². The molecule has 1 heterocycles. The molecule has 6 nitrogen and oxygen atoms in total. The second kappa shape index (κ2) is 9.56. The maximum atomic E-state index is 12.8.